The van der Waals surface area contributed by atoms with Crippen LogP contribution in [0.5, 0.6) is 0 Å². The van der Waals surface area contributed by atoms with Crippen LogP contribution in [0.15, 0.2) is 23.1 Å². The van der Waals surface area contributed by atoms with Crippen LogP contribution in [0.1, 0.15) is 10.4 Å². The number of benzene rings is 1. The summed E-state index contributed by atoms with van der Waals surface area (Å²) in [6.07, 6.45) is -0.787. The maximum Gasteiger partial charge on any atom is 0.334 e. The number of carboxylic acids is 1. The first kappa shape index (κ1) is 16.4. The first-order chi connectivity index (χ1) is 9.12. The Bertz CT molecular complexity index is 642. The van der Waals surface area contributed by atoms with Crippen LogP contribution in [-0.4, -0.2) is 49.4 Å². The number of aliphatic hydroxyl groups is 1. The quantitative estimate of drug-likeness (QED) is 0.697. The predicted molar refractivity (Wildman–Crippen MR) is 70.5 cm³/mol. The molecule has 1 unspecified atom stereocenters. The van der Waals surface area contributed by atoms with E-state index in [9.17, 15) is 18.0 Å². The number of carbonyl (C=O) groups is 2. The van der Waals surface area contributed by atoms with Crippen LogP contribution in [0.2, 0.25) is 5.02 Å². The molecule has 7 nitrogen and oxygen atoms in total. The Balaban J connectivity index is 2.93. The summed E-state index contributed by atoms with van der Waals surface area (Å²) >= 11 is 5.73. The van der Waals surface area contributed by atoms with Crippen LogP contribution in [0.3, 0.4) is 0 Å². The molecule has 0 fully saturated rings. The molecule has 0 radical (unpaired) electrons. The lowest BCUT2D eigenvalue weighted by Gasteiger charge is -2.09. The van der Waals surface area contributed by atoms with Crippen LogP contribution in [0.25, 0.3) is 0 Å². The van der Waals surface area contributed by atoms with E-state index in [0.717, 1.165) is 12.3 Å². The van der Waals surface area contributed by atoms with E-state index in [1.807, 2.05) is 0 Å². The number of aliphatic carboxylic acids is 1. The van der Waals surface area contributed by atoms with Crippen molar-refractivity contribution in [1.29, 1.82) is 0 Å². The summed E-state index contributed by atoms with van der Waals surface area (Å²) in [6, 6.07) is 3.63. The zero-order chi connectivity index (χ0) is 15.5. The molecular formula is C11H12ClNO6S. The molecule has 1 rings (SSSR count). The van der Waals surface area contributed by atoms with Gasteiger partial charge in [0, 0.05) is 11.8 Å². The van der Waals surface area contributed by atoms with Gasteiger partial charge in [-0.15, -0.1) is 0 Å². The molecule has 0 aliphatic rings. The molecular weight excluding hydrogens is 310 g/mol. The summed E-state index contributed by atoms with van der Waals surface area (Å²) in [6.45, 7) is -0.495. The summed E-state index contributed by atoms with van der Waals surface area (Å²) in [4.78, 5) is 21.9. The number of amides is 1. The molecule has 20 heavy (non-hydrogen) atoms. The van der Waals surface area contributed by atoms with Gasteiger partial charge in [0.25, 0.3) is 5.91 Å². The van der Waals surface area contributed by atoms with Crippen molar-refractivity contribution in [3.8, 4) is 0 Å². The number of carbonyl (C=O) groups excluding carboxylic acids is 1. The van der Waals surface area contributed by atoms with Gasteiger partial charge < -0.3 is 15.5 Å². The third kappa shape index (κ3) is 4.19. The normalized spacial score (nSPS) is 12.8. The molecule has 0 saturated carbocycles. The molecule has 0 aliphatic heterocycles. The molecule has 0 spiro atoms. The summed E-state index contributed by atoms with van der Waals surface area (Å²) in [5.41, 5.74) is -0.00702. The van der Waals surface area contributed by atoms with Crippen LogP contribution in [0.4, 0.5) is 0 Å². The van der Waals surface area contributed by atoms with E-state index in [1.165, 1.54) is 12.1 Å². The van der Waals surface area contributed by atoms with Crippen molar-refractivity contribution in [3.05, 3.63) is 28.8 Å². The summed E-state index contributed by atoms with van der Waals surface area (Å²) < 4.78 is 22.9. The van der Waals surface area contributed by atoms with E-state index < -0.39 is 34.4 Å². The fourth-order valence-electron chi connectivity index (χ4n) is 1.31. The van der Waals surface area contributed by atoms with Crippen molar-refractivity contribution in [2.75, 3.05) is 12.8 Å². The Labute approximate surface area is 120 Å². The van der Waals surface area contributed by atoms with E-state index in [-0.39, 0.29) is 15.5 Å². The van der Waals surface area contributed by atoms with Gasteiger partial charge in [0.15, 0.2) is 15.9 Å². The highest BCUT2D eigenvalue weighted by Gasteiger charge is 2.18. The monoisotopic (exact) mass is 321 g/mol. The van der Waals surface area contributed by atoms with Crippen LogP contribution >= 0.6 is 11.6 Å². The minimum absolute atomic E-state index is 0.00702. The summed E-state index contributed by atoms with van der Waals surface area (Å²) in [5.74, 6) is -2.19. The van der Waals surface area contributed by atoms with E-state index in [2.05, 4.69) is 5.32 Å². The molecule has 0 bridgehead atoms. The lowest BCUT2D eigenvalue weighted by Crippen LogP contribution is -2.36. The lowest BCUT2D eigenvalue weighted by atomic mass is 10.2. The largest absolute Gasteiger partial charge is 0.479 e. The molecule has 0 aromatic heterocycles. The molecule has 3 N–H and O–H groups in total. The zero-order valence-electron chi connectivity index (χ0n) is 10.3. The van der Waals surface area contributed by atoms with Crippen molar-refractivity contribution in [2.45, 2.75) is 11.0 Å². The van der Waals surface area contributed by atoms with Gasteiger partial charge in [-0.3, -0.25) is 4.79 Å². The van der Waals surface area contributed by atoms with Gasteiger partial charge in [0.2, 0.25) is 0 Å². The van der Waals surface area contributed by atoms with E-state index in [0.29, 0.717) is 0 Å². The van der Waals surface area contributed by atoms with Gasteiger partial charge in [0.05, 0.1) is 16.5 Å². The molecule has 0 heterocycles. The Morgan fingerprint density at radius 3 is 2.50 bits per heavy atom. The Morgan fingerprint density at radius 1 is 1.40 bits per heavy atom. The Morgan fingerprint density at radius 2 is 2.00 bits per heavy atom. The third-order valence-corrected chi connectivity index (χ3v) is 3.91. The number of rotatable bonds is 5. The standard InChI is InChI=1S/C11H12ClNO6S/c1-20(18,19)9-4-6(2-3-7(9)12)10(15)13-5-8(14)11(16)17/h2-4,8,14H,5H2,1H3,(H,13,15)(H,16,17). The number of halogens is 1. The number of hydrogen-bond donors (Lipinski definition) is 3. The first-order valence-electron chi connectivity index (χ1n) is 5.31. The molecule has 110 valence electrons. The first-order valence-corrected chi connectivity index (χ1v) is 7.58. The van der Waals surface area contributed by atoms with Crippen molar-refractivity contribution in [2.24, 2.45) is 0 Å². The number of hydrogen-bond acceptors (Lipinski definition) is 5. The van der Waals surface area contributed by atoms with E-state index >= 15 is 0 Å². The Kier molecular flexibility index (Phi) is 5.09. The minimum atomic E-state index is -3.59. The molecule has 0 aliphatic carbocycles. The molecule has 1 amide bonds. The van der Waals surface area contributed by atoms with Gasteiger partial charge in [-0.05, 0) is 18.2 Å². The second-order valence-corrected chi connectivity index (χ2v) is 6.37. The smallest absolute Gasteiger partial charge is 0.334 e. The Hall–Kier alpha value is -1.64. The SMILES string of the molecule is CS(=O)(=O)c1cc(C(=O)NCC(O)C(=O)O)ccc1Cl. The van der Waals surface area contributed by atoms with Gasteiger partial charge in [-0.1, -0.05) is 11.6 Å². The van der Waals surface area contributed by atoms with Crippen molar-refractivity contribution >= 4 is 33.3 Å². The molecule has 0 saturated heterocycles. The predicted octanol–water partition coefficient (Wildman–Crippen LogP) is -0.0812. The van der Waals surface area contributed by atoms with Gasteiger partial charge in [0.1, 0.15) is 0 Å². The van der Waals surface area contributed by atoms with Crippen LogP contribution in [0, 0.1) is 0 Å². The molecule has 1 aromatic carbocycles. The second kappa shape index (κ2) is 6.21. The average molecular weight is 322 g/mol. The fraction of sp³-hybridized carbons (Fsp3) is 0.273. The summed E-state index contributed by atoms with van der Waals surface area (Å²) in [7, 11) is -3.59. The fourth-order valence-corrected chi connectivity index (χ4v) is 2.61. The maximum atomic E-state index is 11.7. The van der Waals surface area contributed by atoms with Crippen molar-refractivity contribution in [3.63, 3.8) is 0 Å². The van der Waals surface area contributed by atoms with Crippen molar-refractivity contribution < 1.29 is 28.2 Å². The zero-order valence-corrected chi connectivity index (χ0v) is 11.9. The van der Waals surface area contributed by atoms with Gasteiger partial charge in [-0.2, -0.15) is 0 Å². The highest BCUT2D eigenvalue weighted by Crippen LogP contribution is 2.22. The van der Waals surface area contributed by atoms with Crippen molar-refractivity contribution in [1.82, 2.24) is 5.32 Å². The highest BCUT2D eigenvalue weighted by atomic mass is 35.5. The van der Waals surface area contributed by atoms with Gasteiger partial charge >= 0.3 is 5.97 Å². The number of carboxylic acid groups (broad SMARTS) is 1. The highest BCUT2D eigenvalue weighted by molar-refractivity contribution is 7.90. The molecule has 1 aromatic rings. The molecule has 1 atom stereocenters. The lowest BCUT2D eigenvalue weighted by molar-refractivity contribution is -0.146. The number of sulfone groups is 1. The maximum absolute atomic E-state index is 11.7. The number of aliphatic hydroxyl groups excluding tert-OH is 1. The van der Waals surface area contributed by atoms with E-state index in [4.69, 9.17) is 21.8 Å². The van der Waals surface area contributed by atoms with E-state index in [1.54, 1.807) is 0 Å². The van der Waals surface area contributed by atoms with Gasteiger partial charge in [-0.25, -0.2) is 13.2 Å². The topological polar surface area (TPSA) is 121 Å². The minimum Gasteiger partial charge on any atom is -0.479 e. The summed E-state index contributed by atoms with van der Waals surface area (Å²) in [5, 5.41) is 19.6. The second-order valence-electron chi connectivity index (χ2n) is 3.98. The van der Waals surface area contributed by atoms with Crippen LogP contribution in [-0.2, 0) is 14.6 Å². The molecule has 9 heteroatoms. The average Bonchev–Trinajstić information content (AvgIpc) is 2.34. The third-order valence-electron chi connectivity index (χ3n) is 2.33. The van der Waals surface area contributed by atoms with Crippen LogP contribution < -0.4 is 5.32 Å². The number of nitrogens with one attached hydrogen (secondary N) is 1.